The number of aliphatic hydroxyl groups is 2. The number of β-amino-alcohol motifs (C(OH)–C–C–N with tert-alkyl or cyclic N) is 1. The van der Waals surface area contributed by atoms with Crippen LogP contribution in [0.2, 0.25) is 0 Å². The number of aromatic amines is 1. The van der Waals surface area contributed by atoms with Crippen molar-refractivity contribution in [2.45, 2.75) is 36.0 Å². The molecule has 0 spiro atoms. The molecule has 26 heavy (non-hydrogen) atoms. The molecule has 7 nitrogen and oxygen atoms in total. The Morgan fingerprint density at radius 1 is 1.42 bits per heavy atom. The molecule has 2 heterocycles. The quantitative estimate of drug-likeness (QED) is 0.544. The summed E-state index contributed by atoms with van der Waals surface area (Å²) in [4.78, 5) is 33.0. The lowest BCUT2D eigenvalue weighted by atomic mass is 9.90. The topological polar surface area (TPSA) is 107 Å². The normalized spacial score (nSPS) is 23.0. The van der Waals surface area contributed by atoms with Crippen LogP contribution in [0, 0.1) is 0 Å². The number of rotatable bonds is 4. The molecular weight excluding hydrogens is 354 g/mol. The Labute approximate surface area is 155 Å². The van der Waals surface area contributed by atoms with Gasteiger partial charge in [-0.05, 0) is 18.9 Å². The fraction of sp³-hybridized carbons (Fsp3) is 0.389. The SMILES string of the molecule is C[C@]1(O)CCN(C(=O)c2cnc(SCc3ccccc3)[nH]c2=O)C[C@@H]1O. The molecule has 0 saturated carbocycles. The van der Waals surface area contributed by atoms with Crippen LogP contribution in [0.4, 0.5) is 0 Å². The van der Waals surface area contributed by atoms with Crippen molar-refractivity contribution in [2.75, 3.05) is 13.1 Å². The molecule has 1 aromatic carbocycles. The summed E-state index contributed by atoms with van der Waals surface area (Å²) in [5, 5.41) is 20.4. The third-order valence-electron chi connectivity index (χ3n) is 4.51. The van der Waals surface area contributed by atoms with Crippen molar-refractivity contribution in [2.24, 2.45) is 0 Å². The van der Waals surface area contributed by atoms with Gasteiger partial charge in [-0.3, -0.25) is 9.59 Å². The summed E-state index contributed by atoms with van der Waals surface area (Å²) >= 11 is 1.38. The van der Waals surface area contributed by atoms with Crippen LogP contribution in [0.3, 0.4) is 0 Å². The van der Waals surface area contributed by atoms with Gasteiger partial charge < -0.3 is 20.1 Å². The lowest BCUT2D eigenvalue weighted by molar-refractivity contribution is -0.0999. The molecule has 1 aliphatic rings. The summed E-state index contributed by atoms with van der Waals surface area (Å²) in [6.07, 6.45) is 0.470. The van der Waals surface area contributed by atoms with Crippen molar-refractivity contribution in [3.63, 3.8) is 0 Å². The van der Waals surface area contributed by atoms with E-state index in [1.807, 2.05) is 30.3 Å². The maximum atomic E-state index is 12.5. The number of carbonyl (C=O) groups is 1. The highest BCUT2D eigenvalue weighted by atomic mass is 32.2. The predicted molar refractivity (Wildman–Crippen MR) is 98.0 cm³/mol. The third kappa shape index (κ3) is 4.14. The first-order valence-corrected chi connectivity index (χ1v) is 9.31. The minimum atomic E-state index is -1.22. The minimum absolute atomic E-state index is 0.0181. The van der Waals surface area contributed by atoms with E-state index >= 15 is 0 Å². The molecule has 2 atom stereocenters. The summed E-state index contributed by atoms with van der Waals surface area (Å²) in [5.41, 5.74) is -0.691. The highest BCUT2D eigenvalue weighted by Gasteiger charge is 2.38. The smallest absolute Gasteiger partial charge is 0.264 e. The van der Waals surface area contributed by atoms with Gasteiger partial charge in [-0.25, -0.2) is 4.98 Å². The van der Waals surface area contributed by atoms with Crippen LogP contribution in [0.25, 0.3) is 0 Å². The van der Waals surface area contributed by atoms with Gasteiger partial charge in [0.25, 0.3) is 11.5 Å². The van der Waals surface area contributed by atoms with Crippen molar-refractivity contribution >= 4 is 17.7 Å². The van der Waals surface area contributed by atoms with E-state index in [1.54, 1.807) is 0 Å². The molecule has 0 radical (unpaired) electrons. The average Bonchev–Trinajstić information content (AvgIpc) is 2.63. The number of benzene rings is 1. The molecule has 8 heteroatoms. The molecule has 3 N–H and O–H groups in total. The van der Waals surface area contributed by atoms with E-state index in [0.717, 1.165) is 5.56 Å². The van der Waals surface area contributed by atoms with Gasteiger partial charge in [0.2, 0.25) is 0 Å². The van der Waals surface area contributed by atoms with Gasteiger partial charge in [-0.1, -0.05) is 42.1 Å². The lowest BCUT2D eigenvalue weighted by Gasteiger charge is -2.39. The minimum Gasteiger partial charge on any atom is -0.388 e. The number of aromatic nitrogens is 2. The third-order valence-corrected chi connectivity index (χ3v) is 5.47. The first kappa shape index (κ1) is 18.6. The second kappa shape index (κ2) is 7.61. The molecular formula is C18H21N3O4S. The largest absolute Gasteiger partial charge is 0.388 e. The van der Waals surface area contributed by atoms with Crippen molar-refractivity contribution in [3.8, 4) is 0 Å². The highest BCUT2D eigenvalue weighted by molar-refractivity contribution is 7.98. The number of likely N-dealkylation sites (tertiary alicyclic amines) is 1. The van der Waals surface area contributed by atoms with E-state index in [9.17, 15) is 19.8 Å². The molecule has 1 aliphatic heterocycles. The van der Waals surface area contributed by atoms with E-state index in [-0.39, 0.29) is 25.1 Å². The zero-order valence-corrected chi connectivity index (χ0v) is 15.2. The summed E-state index contributed by atoms with van der Waals surface area (Å²) in [5.74, 6) is 0.165. The number of H-pyrrole nitrogens is 1. The van der Waals surface area contributed by atoms with Crippen LogP contribution >= 0.6 is 11.8 Å². The Morgan fingerprint density at radius 3 is 2.81 bits per heavy atom. The van der Waals surface area contributed by atoms with Crippen LogP contribution < -0.4 is 5.56 Å². The van der Waals surface area contributed by atoms with E-state index in [0.29, 0.717) is 10.9 Å². The van der Waals surface area contributed by atoms with E-state index in [4.69, 9.17) is 0 Å². The molecule has 1 saturated heterocycles. The van der Waals surface area contributed by atoms with Crippen LogP contribution in [0.5, 0.6) is 0 Å². The van der Waals surface area contributed by atoms with Crippen LogP contribution in [-0.2, 0) is 5.75 Å². The van der Waals surface area contributed by atoms with Crippen LogP contribution in [0.1, 0.15) is 29.3 Å². The van der Waals surface area contributed by atoms with Gasteiger partial charge in [0.15, 0.2) is 5.16 Å². The summed E-state index contributed by atoms with van der Waals surface area (Å²) in [6.45, 7) is 1.79. The zero-order valence-electron chi connectivity index (χ0n) is 14.4. The predicted octanol–water partition coefficient (Wildman–Crippen LogP) is 1.02. The van der Waals surface area contributed by atoms with Crippen LogP contribution in [-0.4, -0.2) is 55.8 Å². The Hall–Kier alpha value is -2.16. The number of aliphatic hydroxyl groups excluding tert-OH is 1. The van der Waals surface area contributed by atoms with E-state index in [2.05, 4.69) is 9.97 Å². The Morgan fingerprint density at radius 2 is 2.15 bits per heavy atom. The summed E-state index contributed by atoms with van der Waals surface area (Å²) in [7, 11) is 0. The Bertz CT molecular complexity index is 838. The van der Waals surface area contributed by atoms with Gasteiger partial charge in [0.05, 0.1) is 11.7 Å². The fourth-order valence-electron chi connectivity index (χ4n) is 2.71. The van der Waals surface area contributed by atoms with Gasteiger partial charge in [-0.15, -0.1) is 0 Å². The standard InChI is InChI=1S/C18H21N3O4S/c1-18(25)7-8-21(10-14(18)22)16(24)13-9-19-17(20-15(13)23)26-11-12-5-3-2-4-6-12/h2-6,9,14,22,25H,7-8,10-11H2,1H3,(H,19,20,23)/t14-,18-/m0/s1. The molecule has 1 aromatic heterocycles. The molecule has 3 rings (SSSR count). The van der Waals surface area contributed by atoms with Gasteiger partial charge in [-0.2, -0.15) is 0 Å². The van der Waals surface area contributed by atoms with E-state index in [1.165, 1.54) is 29.8 Å². The van der Waals surface area contributed by atoms with Crippen LogP contribution in [0.15, 0.2) is 46.5 Å². The van der Waals surface area contributed by atoms with Crippen molar-refractivity contribution < 1.29 is 15.0 Å². The van der Waals surface area contributed by atoms with Crippen molar-refractivity contribution in [3.05, 3.63) is 58.0 Å². The second-order valence-corrected chi connectivity index (χ2v) is 7.54. The van der Waals surface area contributed by atoms with Crippen molar-refractivity contribution in [1.29, 1.82) is 0 Å². The zero-order chi connectivity index (χ0) is 18.7. The van der Waals surface area contributed by atoms with Gasteiger partial charge in [0, 0.05) is 25.0 Å². The number of thioether (sulfide) groups is 1. The number of hydrogen-bond donors (Lipinski definition) is 3. The number of amides is 1. The molecule has 0 aliphatic carbocycles. The van der Waals surface area contributed by atoms with Crippen molar-refractivity contribution in [1.82, 2.24) is 14.9 Å². The first-order valence-electron chi connectivity index (χ1n) is 8.32. The van der Waals surface area contributed by atoms with E-state index < -0.39 is 23.2 Å². The maximum absolute atomic E-state index is 12.5. The molecule has 0 bridgehead atoms. The number of carbonyl (C=O) groups excluding carboxylic acids is 1. The summed E-state index contributed by atoms with van der Waals surface area (Å²) in [6, 6.07) is 9.79. The number of nitrogens with one attached hydrogen (secondary N) is 1. The Balaban J connectivity index is 1.67. The van der Waals surface area contributed by atoms with Gasteiger partial charge in [0.1, 0.15) is 5.56 Å². The molecule has 1 amide bonds. The number of hydrogen-bond acceptors (Lipinski definition) is 6. The second-order valence-electron chi connectivity index (χ2n) is 6.58. The summed E-state index contributed by atoms with van der Waals surface area (Å²) < 4.78 is 0. The Kier molecular flexibility index (Phi) is 5.45. The monoisotopic (exact) mass is 375 g/mol. The number of piperidine rings is 1. The van der Waals surface area contributed by atoms with Gasteiger partial charge >= 0.3 is 0 Å². The maximum Gasteiger partial charge on any atom is 0.264 e. The number of nitrogens with zero attached hydrogens (tertiary/aromatic N) is 2. The fourth-order valence-corrected chi connectivity index (χ4v) is 3.50. The lowest BCUT2D eigenvalue weighted by Crippen LogP contribution is -2.55. The highest BCUT2D eigenvalue weighted by Crippen LogP contribution is 2.23. The average molecular weight is 375 g/mol. The molecule has 138 valence electrons. The molecule has 0 unspecified atom stereocenters. The molecule has 2 aromatic rings. The first-order chi connectivity index (χ1) is 12.4. The molecule has 1 fully saturated rings.